The molecule has 0 aromatic heterocycles. The highest BCUT2D eigenvalue weighted by Gasteiger charge is 2.61. The van der Waals surface area contributed by atoms with E-state index in [1.807, 2.05) is 22.6 Å². The molecule has 10 nitrogen and oxygen atoms in total. The second-order valence-electron chi connectivity index (χ2n) is 7.85. The van der Waals surface area contributed by atoms with Crippen molar-refractivity contribution in [1.29, 1.82) is 0 Å². The first-order valence-corrected chi connectivity index (χ1v) is 12.3. The van der Waals surface area contributed by atoms with Gasteiger partial charge in [-0.2, -0.15) is 21.6 Å². The van der Waals surface area contributed by atoms with E-state index in [1.165, 1.54) is 12.1 Å². The normalized spacial score (nSPS) is 23.6. The summed E-state index contributed by atoms with van der Waals surface area (Å²) in [7, 11) is -5.25. The Morgan fingerprint density at radius 2 is 1.80 bits per heavy atom. The molecule has 1 saturated heterocycles. The number of nitrogens with zero attached hydrogens (tertiary/aromatic N) is 4. The maximum atomic E-state index is 15.0. The zero-order chi connectivity index (χ0) is 26.0. The lowest BCUT2D eigenvalue weighted by Crippen LogP contribution is -2.70. The first-order valence-electron chi connectivity index (χ1n) is 9.81. The second kappa shape index (κ2) is 8.42. The molecule has 0 radical (unpaired) electrons. The van der Waals surface area contributed by atoms with Gasteiger partial charge in [-0.05, 0) is 60.3 Å². The van der Waals surface area contributed by atoms with Gasteiger partial charge in [-0.25, -0.2) is 9.18 Å². The summed E-state index contributed by atoms with van der Waals surface area (Å²) in [5.41, 5.74) is -7.24. The van der Waals surface area contributed by atoms with Crippen LogP contribution in [0.1, 0.15) is 12.8 Å². The lowest BCUT2D eigenvalue weighted by atomic mass is 9.91. The highest BCUT2D eigenvalue weighted by molar-refractivity contribution is 14.1. The third-order valence-corrected chi connectivity index (χ3v) is 7.27. The summed E-state index contributed by atoms with van der Waals surface area (Å²) >= 11 is 1.81. The summed E-state index contributed by atoms with van der Waals surface area (Å²) in [6.07, 6.45) is -1.00. The number of amides is 4. The van der Waals surface area contributed by atoms with Gasteiger partial charge in [-0.1, -0.05) is 0 Å². The number of aliphatic imine (C=N–C) groups is 1. The van der Waals surface area contributed by atoms with Gasteiger partial charge >= 0.3 is 21.7 Å². The summed E-state index contributed by atoms with van der Waals surface area (Å²) in [6.45, 7) is 3.08. The number of halogens is 5. The molecule has 16 heteroatoms. The smallest absolute Gasteiger partial charge is 0.377 e. The van der Waals surface area contributed by atoms with Gasteiger partial charge in [0.05, 0.1) is 5.69 Å². The molecule has 2 atom stereocenters. The Kier molecular flexibility index (Phi) is 6.10. The minimum Gasteiger partial charge on any atom is -0.377 e. The van der Waals surface area contributed by atoms with E-state index in [0.29, 0.717) is 21.3 Å². The average molecular weight is 630 g/mol. The SMILES string of the molecule is C=NC1=C(OS(=O)(=O)C(F)(F)F)C2C(=O)N(C3CC3)C(=O)N(c3ccc(I)cc3F)C2N(C)C1=O. The fourth-order valence-corrected chi connectivity index (χ4v) is 4.89. The Morgan fingerprint density at radius 1 is 1.17 bits per heavy atom. The third-order valence-electron chi connectivity index (χ3n) is 5.64. The molecule has 3 aliphatic rings. The largest absolute Gasteiger partial charge is 0.534 e. The third kappa shape index (κ3) is 4.05. The van der Waals surface area contributed by atoms with E-state index in [0.717, 1.165) is 22.9 Å². The van der Waals surface area contributed by atoms with Gasteiger partial charge in [0.1, 0.15) is 17.9 Å². The summed E-state index contributed by atoms with van der Waals surface area (Å²) in [6, 6.07) is 2.03. The molecule has 2 unspecified atom stereocenters. The number of alkyl halides is 3. The first-order chi connectivity index (χ1) is 16.2. The molecule has 1 aromatic rings. The van der Waals surface area contributed by atoms with Crippen molar-refractivity contribution in [2.75, 3.05) is 11.9 Å². The van der Waals surface area contributed by atoms with Gasteiger partial charge in [-0.3, -0.25) is 24.4 Å². The van der Waals surface area contributed by atoms with Gasteiger partial charge in [-0.15, -0.1) is 0 Å². The van der Waals surface area contributed by atoms with E-state index in [9.17, 15) is 40.4 Å². The topological polar surface area (TPSA) is 117 Å². The summed E-state index contributed by atoms with van der Waals surface area (Å²) in [4.78, 5) is 45.3. The fourth-order valence-electron chi connectivity index (χ4n) is 3.93. The van der Waals surface area contributed by atoms with Crippen LogP contribution < -0.4 is 4.90 Å². The standard InChI is InChI=1S/C19H15F4IN4O6S/c1-25-13-14(34-35(32,33)19(21,22)23)12-15(26(2)17(13)30)28(11-6-3-8(24)7-10(11)20)18(31)27(16(12)29)9-4-5-9/h3,6-7,9,12,15H,1,4-5H2,2H3. The molecule has 1 aliphatic carbocycles. The van der Waals surface area contributed by atoms with Gasteiger partial charge in [0, 0.05) is 16.7 Å². The van der Waals surface area contributed by atoms with Crippen molar-refractivity contribution in [2.24, 2.45) is 10.9 Å². The van der Waals surface area contributed by atoms with E-state index in [4.69, 9.17) is 0 Å². The first kappa shape index (κ1) is 25.3. The second-order valence-corrected chi connectivity index (χ2v) is 10.6. The van der Waals surface area contributed by atoms with E-state index in [-0.39, 0.29) is 5.69 Å². The van der Waals surface area contributed by atoms with E-state index < -0.39 is 68.9 Å². The van der Waals surface area contributed by atoms with Crippen LogP contribution in [0.4, 0.5) is 28.0 Å². The van der Waals surface area contributed by atoms with Gasteiger partial charge in [0.15, 0.2) is 11.5 Å². The molecular weight excluding hydrogens is 615 g/mol. The number of rotatable bonds is 5. The number of hydrogen-bond donors (Lipinski definition) is 0. The van der Waals surface area contributed by atoms with Gasteiger partial charge in [0.2, 0.25) is 5.91 Å². The van der Waals surface area contributed by atoms with Crippen molar-refractivity contribution in [3.8, 4) is 0 Å². The predicted octanol–water partition coefficient (Wildman–Crippen LogP) is 2.55. The minimum absolute atomic E-state index is 0.375. The Morgan fingerprint density at radius 3 is 2.31 bits per heavy atom. The summed E-state index contributed by atoms with van der Waals surface area (Å²) in [5.74, 6) is -6.43. The van der Waals surface area contributed by atoms with Crippen LogP contribution in [0.5, 0.6) is 0 Å². The van der Waals surface area contributed by atoms with Crippen LogP contribution in [0.25, 0.3) is 0 Å². The summed E-state index contributed by atoms with van der Waals surface area (Å²) < 4.78 is 82.8. The highest BCUT2D eigenvalue weighted by atomic mass is 127. The van der Waals surface area contributed by atoms with Crippen molar-refractivity contribution < 1.29 is 44.5 Å². The number of likely N-dealkylation sites (N-methyl/N-ethyl adjacent to an activating group) is 1. The number of anilines is 1. The molecule has 188 valence electrons. The number of urea groups is 1. The number of carbonyl (C=O) groups excluding carboxylic acids is 3. The molecule has 2 heterocycles. The molecular formula is C19H15F4IN4O6S. The quantitative estimate of drug-likeness (QED) is 0.163. The van der Waals surface area contributed by atoms with E-state index >= 15 is 0 Å². The molecule has 35 heavy (non-hydrogen) atoms. The van der Waals surface area contributed by atoms with Crippen molar-refractivity contribution in [3.05, 3.63) is 39.0 Å². The van der Waals surface area contributed by atoms with Crippen LogP contribution in [0.15, 0.2) is 34.6 Å². The molecule has 4 amide bonds. The fraction of sp³-hybridized carbons (Fsp3) is 0.368. The maximum absolute atomic E-state index is 15.0. The monoisotopic (exact) mass is 630 g/mol. The molecule has 0 N–H and O–H groups in total. The van der Waals surface area contributed by atoms with Crippen LogP contribution in [-0.4, -0.2) is 67.5 Å². The van der Waals surface area contributed by atoms with Crippen LogP contribution in [0, 0.1) is 15.3 Å². The Hall–Kier alpha value is -2.76. The molecule has 4 rings (SSSR count). The van der Waals surface area contributed by atoms with Crippen LogP contribution in [-0.2, 0) is 23.9 Å². The zero-order valence-corrected chi connectivity index (χ0v) is 20.6. The number of benzene rings is 1. The Labute approximate surface area is 209 Å². The van der Waals surface area contributed by atoms with Crippen molar-refractivity contribution in [1.82, 2.24) is 9.80 Å². The molecule has 2 aliphatic heterocycles. The lowest BCUT2D eigenvalue weighted by molar-refractivity contribution is -0.142. The molecule has 0 bridgehead atoms. The van der Waals surface area contributed by atoms with E-state index in [1.54, 1.807) is 0 Å². The zero-order valence-electron chi connectivity index (χ0n) is 17.6. The maximum Gasteiger partial charge on any atom is 0.534 e. The van der Waals surface area contributed by atoms with Crippen LogP contribution in [0.2, 0.25) is 0 Å². The van der Waals surface area contributed by atoms with Crippen LogP contribution in [0.3, 0.4) is 0 Å². The van der Waals surface area contributed by atoms with Crippen molar-refractivity contribution in [3.63, 3.8) is 0 Å². The number of hydrogen-bond acceptors (Lipinski definition) is 7. The molecule has 1 aromatic carbocycles. The van der Waals surface area contributed by atoms with Gasteiger partial charge < -0.3 is 9.08 Å². The minimum atomic E-state index is -6.35. The molecule has 1 saturated carbocycles. The predicted molar refractivity (Wildman–Crippen MR) is 120 cm³/mol. The van der Waals surface area contributed by atoms with Crippen molar-refractivity contribution in [2.45, 2.75) is 30.6 Å². The number of imide groups is 1. The Bertz CT molecular complexity index is 1300. The van der Waals surface area contributed by atoms with Crippen molar-refractivity contribution >= 4 is 63.0 Å². The number of fused-ring (bicyclic) bond motifs is 1. The van der Waals surface area contributed by atoms with Gasteiger partial charge in [0.25, 0.3) is 5.91 Å². The summed E-state index contributed by atoms with van der Waals surface area (Å²) in [5, 5.41) is 0. The highest BCUT2D eigenvalue weighted by Crippen LogP contribution is 2.44. The molecule has 0 spiro atoms. The molecule has 2 fully saturated rings. The Balaban J connectivity index is 1.96. The lowest BCUT2D eigenvalue weighted by Gasteiger charge is -2.49. The van der Waals surface area contributed by atoms with E-state index in [2.05, 4.69) is 15.9 Å². The number of carbonyl (C=O) groups is 3. The average Bonchev–Trinajstić information content (AvgIpc) is 3.57. The van der Waals surface area contributed by atoms with Crippen LogP contribution >= 0.6 is 22.6 Å².